The van der Waals surface area contributed by atoms with Crippen molar-refractivity contribution in [2.45, 2.75) is 36.4 Å². The van der Waals surface area contributed by atoms with E-state index < -0.39 is 16.4 Å². The maximum absolute atomic E-state index is 13.1. The summed E-state index contributed by atoms with van der Waals surface area (Å²) in [4.78, 5) is 3.97. The first-order valence-electron chi connectivity index (χ1n) is 9.84. The fourth-order valence-electron chi connectivity index (χ4n) is 4.11. The van der Waals surface area contributed by atoms with Crippen molar-refractivity contribution >= 4 is 15.7 Å². The predicted octanol–water partition coefficient (Wildman–Crippen LogP) is 2.60. The Kier molecular flexibility index (Phi) is 5.88. The van der Waals surface area contributed by atoms with Gasteiger partial charge in [-0.1, -0.05) is 6.07 Å². The molecule has 2 aliphatic heterocycles. The van der Waals surface area contributed by atoms with Gasteiger partial charge >= 0.3 is 6.36 Å². The molecule has 0 saturated carbocycles. The lowest BCUT2D eigenvalue weighted by atomic mass is 9.94. The summed E-state index contributed by atoms with van der Waals surface area (Å²) in [7, 11) is -2.12. The highest BCUT2D eigenvalue weighted by molar-refractivity contribution is 7.89. The summed E-state index contributed by atoms with van der Waals surface area (Å²) >= 11 is 0. The standard InChI is InChI=1S/C19H23F3N4O4S/c1-25-11-18(23-12-25)31(27,28)26-9-15(17-6-3-7-29-17)16(10-26)24-13-4-2-5-14(8-13)30-19(20,21)22/h2,4-5,8,11-12,15-17,24H,3,6-7,9-10H2,1H3/t15-,16-,17-/m0/s1. The first-order chi connectivity index (χ1) is 14.6. The number of nitrogens with zero attached hydrogens (tertiary/aromatic N) is 3. The lowest BCUT2D eigenvalue weighted by Gasteiger charge is -2.25. The minimum Gasteiger partial charge on any atom is -0.406 e. The molecule has 31 heavy (non-hydrogen) atoms. The van der Waals surface area contributed by atoms with E-state index in [1.54, 1.807) is 17.7 Å². The first kappa shape index (κ1) is 21.9. The smallest absolute Gasteiger partial charge is 0.406 e. The van der Waals surface area contributed by atoms with Crippen molar-refractivity contribution < 1.29 is 31.1 Å². The SMILES string of the molecule is Cn1cnc(S(=O)(=O)N2C[C@H]([C@@H]3CCCO3)[C@@H](Nc3cccc(OC(F)(F)F)c3)C2)c1. The molecule has 12 heteroatoms. The molecule has 1 aromatic heterocycles. The summed E-state index contributed by atoms with van der Waals surface area (Å²) in [5, 5.41) is 3.15. The fraction of sp³-hybridized carbons (Fsp3) is 0.526. The molecule has 3 heterocycles. The Morgan fingerprint density at radius 2 is 2.10 bits per heavy atom. The molecule has 1 aromatic carbocycles. The van der Waals surface area contributed by atoms with Gasteiger partial charge in [-0.15, -0.1) is 13.2 Å². The monoisotopic (exact) mass is 460 g/mol. The molecular formula is C19H23F3N4O4S. The van der Waals surface area contributed by atoms with Gasteiger partial charge in [-0.05, 0) is 25.0 Å². The molecule has 170 valence electrons. The zero-order chi connectivity index (χ0) is 22.2. The van der Waals surface area contributed by atoms with Crippen molar-refractivity contribution in [1.82, 2.24) is 13.9 Å². The van der Waals surface area contributed by atoms with Gasteiger partial charge < -0.3 is 19.4 Å². The number of halogens is 3. The van der Waals surface area contributed by atoms with Crippen molar-refractivity contribution in [3.8, 4) is 5.75 Å². The topological polar surface area (TPSA) is 85.7 Å². The van der Waals surface area contributed by atoms with Crippen molar-refractivity contribution in [1.29, 1.82) is 0 Å². The average molecular weight is 460 g/mol. The molecule has 8 nitrogen and oxygen atoms in total. The molecule has 0 radical (unpaired) electrons. The summed E-state index contributed by atoms with van der Waals surface area (Å²) < 4.78 is 76.5. The van der Waals surface area contributed by atoms with Crippen LogP contribution in [0.25, 0.3) is 0 Å². The number of anilines is 1. The van der Waals surface area contributed by atoms with Crippen LogP contribution in [0.4, 0.5) is 18.9 Å². The number of alkyl halides is 3. The van der Waals surface area contributed by atoms with Gasteiger partial charge in [-0.3, -0.25) is 0 Å². The number of hydrogen-bond acceptors (Lipinski definition) is 6. The summed E-state index contributed by atoms with van der Waals surface area (Å²) in [6.07, 6.45) is -0.374. The van der Waals surface area contributed by atoms with E-state index in [0.717, 1.165) is 12.8 Å². The molecule has 2 fully saturated rings. The molecule has 0 amide bonds. The highest BCUT2D eigenvalue weighted by Crippen LogP contribution is 2.34. The van der Waals surface area contributed by atoms with Crippen molar-refractivity contribution in [2.24, 2.45) is 13.0 Å². The number of aromatic nitrogens is 2. The maximum atomic E-state index is 13.1. The van der Waals surface area contributed by atoms with Gasteiger partial charge in [0.1, 0.15) is 5.75 Å². The normalized spacial score (nSPS) is 25.1. The summed E-state index contributed by atoms with van der Waals surface area (Å²) in [5.41, 5.74) is 0.409. The average Bonchev–Trinajstić information content (AvgIpc) is 3.41. The van der Waals surface area contributed by atoms with Gasteiger partial charge in [-0.2, -0.15) is 4.31 Å². The number of aryl methyl sites for hydroxylation is 1. The van der Waals surface area contributed by atoms with Crippen LogP contribution in [-0.2, 0) is 21.8 Å². The van der Waals surface area contributed by atoms with E-state index in [0.29, 0.717) is 12.3 Å². The summed E-state index contributed by atoms with van der Waals surface area (Å²) in [5.74, 6) is -0.504. The van der Waals surface area contributed by atoms with Crippen molar-refractivity contribution in [2.75, 3.05) is 25.0 Å². The van der Waals surface area contributed by atoms with Crippen LogP contribution in [0.1, 0.15) is 12.8 Å². The molecule has 0 spiro atoms. The molecular weight excluding hydrogens is 437 g/mol. The zero-order valence-corrected chi connectivity index (χ0v) is 17.6. The number of benzene rings is 1. The quantitative estimate of drug-likeness (QED) is 0.713. The van der Waals surface area contributed by atoms with Crippen LogP contribution in [0, 0.1) is 5.92 Å². The highest BCUT2D eigenvalue weighted by Gasteiger charge is 2.44. The summed E-state index contributed by atoms with van der Waals surface area (Å²) in [6, 6.07) is 5.18. The van der Waals surface area contributed by atoms with Crippen molar-refractivity contribution in [3.63, 3.8) is 0 Å². The predicted molar refractivity (Wildman–Crippen MR) is 105 cm³/mol. The van der Waals surface area contributed by atoms with Gasteiger partial charge in [0, 0.05) is 56.7 Å². The molecule has 0 aliphatic carbocycles. The van der Waals surface area contributed by atoms with E-state index in [-0.39, 0.29) is 41.9 Å². The zero-order valence-electron chi connectivity index (χ0n) is 16.7. The second-order valence-corrected chi connectivity index (χ2v) is 9.63. The molecule has 1 N–H and O–H groups in total. The van der Waals surface area contributed by atoms with E-state index in [9.17, 15) is 21.6 Å². The molecule has 2 aromatic rings. The van der Waals surface area contributed by atoms with E-state index in [4.69, 9.17) is 4.74 Å². The number of ether oxygens (including phenoxy) is 2. The molecule has 0 bridgehead atoms. The Balaban J connectivity index is 1.56. The Morgan fingerprint density at radius 3 is 2.74 bits per heavy atom. The second-order valence-electron chi connectivity index (χ2n) is 7.74. The van der Waals surface area contributed by atoms with Gasteiger partial charge in [0.15, 0.2) is 5.03 Å². The van der Waals surface area contributed by atoms with E-state index in [1.807, 2.05) is 0 Å². The minimum absolute atomic E-state index is 0.0395. The molecule has 3 atom stereocenters. The first-order valence-corrected chi connectivity index (χ1v) is 11.3. The second kappa shape index (κ2) is 8.32. The summed E-state index contributed by atoms with van der Waals surface area (Å²) in [6.45, 7) is 0.990. The highest BCUT2D eigenvalue weighted by atomic mass is 32.2. The van der Waals surface area contributed by atoms with Crippen LogP contribution in [0.3, 0.4) is 0 Å². The van der Waals surface area contributed by atoms with Crippen LogP contribution in [-0.4, -0.2) is 60.5 Å². The van der Waals surface area contributed by atoms with Crippen LogP contribution < -0.4 is 10.1 Å². The number of hydrogen-bond donors (Lipinski definition) is 1. The van der Waals surface area contributed by atoms with E-state index in [1.165, 1.54) is 35.0 Å². The Hall–Kier alpha value is -2.31. The van der Waals surface area contributed by atoms with Crippen LogP contribution in [0.2, 0.25) is 0 Å². The van der Waals surface area contributed by atoms with Crippen LogP contribution >= 0.6 is 0 Å². The minimum atomic E-state index is -4.79. The maximum Gasteiger partial charge on any atom is 0.573 e. The van der Waals surface area contributed by atoms with Gasteiger partial charge in [0.25, 0.3) is 10.0 Å². The molecule has 0 unspecified atom stereocenters. The number of rotatable bonds is 6. The molecule has 2 aliphatic rings. The Bertz CT molecular complexity index is 1020. The van der Waals surface area contributed by atoms with Crippen LogP contribution in [0.5, 0.6) is 5.75 Å². The number of imidazole rings is 1. The third kappa shape index (κ3) is 4.96. The molecule has 4 rings (SSSR count). The van der Waals surface area contributed by atoms with Gasteiger partial charge in [-0.25, -0.2) is 13.4 Å². The fourth-order valence-corrected chi connectivity index (χ4v) is 5.58. The number of sulfonamides is 1. The molecule has 2 saturated heterocycles. The lowest BCUT2D eigenvalue weighted by Crippen LogP contribution is -2.35. The third-order valence-corrected chi connectivity index (χ3v) is 7.20. The Labute approximate surface area is 178 Å². The third-order valence-electron chi connectivity index (χ3n) is 5.48. The van der Waals surface area contributed by atoms with E-state index >= 15 is 0 Å². The van der Waals surface area contributed by atoms with Crippen molar-refractivity contribution in [3.05, 3.63) is 36.8 Å². The lowest BCUT2D eigenvalue weighted by molar-refractivity contribution is -0.274. The number of nitrogens with one attached hydrogen (secondary N) is 1. The largest absolute Gasteiger partial charge is 0.573 e. The van der Waals surface area contributed by atoms with E-state index in [2.05, 4.69) is 15.0 Å². The van der Waals surface area contributed by atoms with Crippen LogP contribution in [0.15, 0.2) is 41.8 Å². The Morgan fingerprint density at radius 1 is 1.29 bits per heavy atom. The van der Waals surface area contributed by atoms with Gasteiger partial charge in [0.05, 0.1) is 12.4 Å². The van der Waals surface area contributed by atoms with Gasteiger partial charge in [0.2, 0.25) is 0 Å².